The van der Waals surface area contributed by atoms with Crippen molar-refractivity contribution < 1.29 is 14.3 Å². The van der Waals surface area contributed by atoms with Gasteiger partial charge in [0.2, 0.25) is 0 Å². The first kappa shape index (κ1) is 26.0. The van der Waals surface area contributed by atoms with Gasteiger partial charge in [0, 0.05) is 42.6 Å². The largest absolute Gasteiger partial charge is 0.382 e. The first-order valence-corrected chi connectivity index (χ1v) is 12.6. The van der Waals surface area contributed by atoms with Gasteiger partial charge < -0.3 is 15.4 Å². The Bertz CT molecular complexity index is 1410. The van der Waals surface area contributed by atoms with Gasteiger partial charge in [0.25, 0.3) is 11.8 Å². The number of ether oxygens (including phenoxy) is 1. The molecule has 0 aliphatic rings. The highest BCUT2D eigenvalue weighted by Crippen LogP contribution is 2.28. The van der Waals surface area contributed by atoms with E-state index < -0.39 is 0 Å². The number of nitrogens with one attached hydrogen (secondary N) is 2. The van der Waals surface area contributed by atoms with Gasteiger partial charge in [-0.1, -0.05) is 30.3 Å². The molecule has 0 unspecified atom stereocenters. The summed E-state index contributed by atoms with van der Waals surface area (Å²) in [5, 5.41) is 11.0. The Morgan fingerprint density at radius 1 is 1.05 bits per heavy atom. The first-order valence-electron chi connectivity index (χ1n) is 12.6. The van der Waals surface area contributed by atoms with Crippen LogP contribution in [-0.2, 0) is 4.74 Å². The molecule has 2 N–H and O–H groups in total. The minimum atomic E-state index is -0.292. The molecule has 0 radical (unpaired) electrons. The van der Waals surface area contributed by atoms with Gasteiger partial charge in [0.05, 0.1) is 22.8 Å². The SMILES string of the molecule is CCOCCCNC(=O)c1cccc(NC(=O)c2cc(-c3ccccc3C)nc3c2cnn3C(C)C)c1. The van der Waals surface area contributed by atoms with Crippen LogP contribution in [0.4, 0.5) is 5.69 Å². The van der Waals surface area contributed by atoms with Crippen LogP contribution in [0.1, 0.15) is 59.5 Å². The molecule has 0 bridgehead atoms. The van der Waals surface area contributed by atoms with Crippen LogP contribution in [0, 0.1) is 6.92 Å². The summed E-state index contributed by atoms with van der Waals surface area (Å²) in [5.74, 6) is -0.487. The highest BCUT2D eigenvalue weighted by molar-refractivity contribution is 6.13. The van der Waals surface area contributed by atoms with Crippen LogP contribution in [0.2, 0.25) is 0 Å². The zero-order valence-electron chi connectivity index (χ0n) is 21.7. The maximum Gasteiger partial charge on any atom is 0.256 e. The van der Waals surface area contributed by atoms with Gasteiger partial charge in [0.1, 0.15) is 0 Å². The van der Waals surface area contributed by atoms with Crippen molar-refractivity contribution in [2.24, 2.45) is 0 Å². The topological polar surface area (TPSA) is 98.1 Å². The van der Waals surface area contributed by atoms with Crippen molar-refractivity contribution in [1.29, 1.82) is 0 Å². The number of carbonyl (C=O) groups is 2. The zero-order valence-corrected chi connectivity index (χ0v) is 21.7. The molecular formula is C29H33N5O3. The monoisotopic (exact) mass is 499 g/mol. The van der Waals surface area contributed by atoms with Crippen LogP contribution in [0.3, 0.4) is 0 Å². The fourth-order valence-electron chi connectivity index (χ4n) is 4.14. The van der Waals surface area contributed by atoms with Crippen LogP contribution >= 0.6 is 0 Å². The maximum absolute atomic E-state index is 13.5. The van der Waals surface area contributed by atoms with E-state index in [1.165, 1.54) is 0 Å². The number of nitrogens with zero attached hydrogens (tertiary/aromatic N) is 3. The van der Waals surface area contributed by atoms with Crippen LogP contribution in [0.5, 0.6) is 0 Å². The molecular weight excluding hydrogens is 466 g/mol. The number of aromatic nitrogens is 3. The molecule has 0 aliphatic carbocycles. The van der Waals surface area contributed by atoms with E-state index in [1.54, 1.807) is 36.5 Å². The van der Waals surface area contributed by atoms with Crippen LogP contribution in [0.15, 0.2) is 60.8 Å². The van der Waals surface area contributed by atoms with Crippen molar-refractivity contribution in [3.63, 3.8) is 0 Å². The summed E-state index contributed by atoms with van der Waals surface area (Å²) < 4.78 is 7.13. The normalized spacial score (nSPS) is 11.2. The molecule has 0 saturated carbocycles. The Hall–Kier alpha value is -4.04. The Balaban J connectivity index is 1.62. The second kappa shape index (κ2) is 11.8. The van der Waals surface area contributed by atoms with Crippen molar-refractivity contribution in [2.75, 3.05) is 25.1 Å². The quantitative estimate of drug-likeness (QED) is 0.285. The van der Waals surface area contributed by atoms with Crippen molar-refractivity contribution in [2.45, 2.75) is 40.2 Å². The summed E-state index contributed by atoms with van der Waals surface area (Å²) in [6.45, 7) is 9.80. The van der Waals surface area contributed by atoms with E-state index in [4.69, 9.17) is 9.72 Å². The Morgan fingerprint density at radius 2 is 1.86 bits per heavy atom. The zero-order chi connectivity index (χ0) is 26.4. The molecule has 0 aliphatic heterocycles. The van der Waals surface area contributed by atoms with Gasteiger partial charge >= 0.3 is 0 Å². The minimum absolute atomic E-state index is 0.0803. The number of hydrogen-bond donors (Lipinski definition) is 2. The average molecular weight is 500 g/mol. The number of rotatable bonds is 10. The van der Waals surface area contributed by atoms with Crippen LogP contribution in [0.25, 0.3) is 22.3 Å². The fourth-order valence-corrected chi connectivity index (χ4v) is 4.14. The third kappa shape index (κ3) is 6.03. The minimum Gasteiger partial charge on any atom is -0.382 e. The molecule has 8 heteroatoms. The van der Waals surface area contributed by atoms with E-state index in [-0.39, 0.29) is 17.9 Å². The van der Waals surface area contributed by atoms with Gasteiger partial charge in [0.15, 0.2) is 5.65 Å². The second-order valence-electron chi connectivity index (χ2n) is 9.13. The predicted molar refractivity (Wildman–Crippen MR) is 146 cm³/mol. The van der Waals surface area contributed by atoms with Gasteiger partial charge in [-0.15, -0.1) is 0 Å². The summed E-state index contributed by atoms with van der Waals surface area (Å²) in [4.78, 5) is 31.0. The number of fused-ring (bicyclic) bond motifs is 1. The van der Waals surface area contributed by atoms with Gasteiger partial charge in [-0.25, -0.2) is 9.67 Å². The second-order valence-corrected chi connectivity index (χ2v) is 9.13. The number of amides is 2. The van der Waals surface area contributed by atoms with Crippen LogP contribution < -0.4 is 10.6 Å². The number of aryl methyl sites for hydroxylation is 1. The lowest BCUT2D eigenvalue weighted by Crippen LogP contribution is -2.25. The summed E-state index contributed by atoms with van der Waals surface area (Å²) >= 11 is 0. The lowest BCUT2D eigenvalue weighted by molar-refractivity contribution is 0.0943. The number of anilines is 1. The summed E-state index contributed by atoms with van der Waals surface area (Å²) in [7, 11) is 0. The van der Waals surface area contributed by atoms with E-state index in [9.17, 15) is 9.59 Å². The molecule has 2 aromatic heterocycles. The smallest absolute Gasteiger partial charge is 0.256 e. The van der Waals surface area contributed by atoms with Crippen molar-refractivity contribution >= 4 is 28.5 Å². The number of carbonyl (C=O) groups excluding carboxylic acids is 2. The predicted octanol–water partition coefficient (Wildman–Crippen LogP) is 5.40. The van der Waals surface area contributed by atoms with E-state index in [1.807, 2.05) is 56.6 Å². The number of pyridine rings is 1. The van der Waals surface area contributed by atoms with Crippen molar-refractivity contribution in [3.8, 4) is 11.3 Å². The van der Waals surface area contributed by atoms with Gasteiger partial charge in [-0.3, -0.25) is 9.59 Å². The molecule has 4 aromatic rings. The molecule has 2 aromatic carbocycles. The molecule has 8 nitrogen and oxygen atoms in total. The molecule has 4 rings (SSSR count). The summed E-state index contributed by atoms with van der Waals surface area (Å²) in [6, 6.07) is 16.8. The van der Waals surface area contributed by atoms with E-state index in [0.29, 0.717) is 53.3 Å². The standard InChI is InChI=1S/C29H33N5O3/c1-5-37-15-9-14-30-28(35)21-11-8-12-22(16-21)32-29(36)24-17-26(23-13-7-6-10-20(23)4)33-27-25(24)18-31-34(27)19(2)3/h6-8,10-13,16-19H,5,9,14-15H2,1-4H3,(H,30,35)(H,32,36). The molecule has 192 valence electrons. The van der Waals surface area contributed by atoms with E-state index in [2.05, 4.69) is 15.7 Å². The molecule has 0 fully saturated rings. The van der Waals surface area contributed by atoms with Crippen LogP contribution in [-0.4, -0.2) is 46.3 Å². The highest BCUT2D eigenvalue weighted by atomic mass is 16.5. The van der Waals surface area contributed by atoms with E-state index in [0.717, 1.165) is 17.5 Å². The average Bonchev–Trinajstić information content (AvgIpc) is 3.33. The van der Waals surface area contributed by atoms with Gasteiger partial charge in [-0.2, -0.15) is 5.10 Å². The molecule has 2 amide bonds. The summed E-state index contributed by atoms with van der Waals surface area (Å²) in [5.41, 5.74) is 4.86. The van der Waals surface area contributed by atoms with Crippen molar-refractivity contribution in [1.82, 2.24) is 20.1 Å². The third-order valence-corrected chi connectivity index (χ3v) is 6.06. The maximum atomic E-state index is 13.5. The Labute approximate surface area is 217 Å². The first-order chi connectivity index (χ1) is 17.9. The summed E-state index contributed by atoms with van der Waals surface area (Å²) in [6.07, 6.45) is 2.42. The van der Waals surface area contributed by atoms with Crippen molar-refractivity contribution in [3.05, 3.63) is 77.5 Å². The molecule has 2 heterocycles. The fraction of sp³-hybridized carbons (Fsp3) is 0.310. The number of benzene rings is 2. The lowest BCUT2D eigenvalue weighted by Gasteiger charge is -2.13. The Kier molecular flexibility index (Phi) is 8.30. The third-order valence-electron chi connectivity index (χ3n) is 6.06. The molecule has 0 saturated heterocycles. The molecule has 0 spiro atoms. The highest BCUT2D eigenvalue weighted by Gasteiger charge is 2.19. The van der Waals surface area contributed by atoms with Gasteiger partial charge in [-0.05, 0) is 63.9 Å². The molecule has 0 atom stereocenters. The lowest BCUT2D eigenvalue weighted by atomic mass is 10.0. The van der Waals surface area contributed by atoms with E-state index >= 15 is 0 Å². The Morgan fingerprint density at radius 3 is 2.62 bits per heavy atom. The number of hydrogen-bond acceptors (Lipinski definition) is 5. The molecule has 37 heavy (non-hydrogen) atoms.